The molecule has 1 N–H and O–H groups in total. The molecule has 3 rings (SSSR count). The van der Waals surface area contributed by atoms with Crippen LogP contribution in [0.5, 0.6) is 5.75 Å². The predicted molar refractivity (Wildman–Crippen MR) is 107 cm³/mol. The summed E-state index contributed by atoms with van der Waals surface area (Å²) in [6.07, 6.45) is 1.54. The SMILES string of the molecule is CNC(=O)CSc1ncc(-c2cccc([N+](=O)[O-])c2)n1-c1ccc(OC(F)F)cc1. The zero-order chi connectivity index (χ0) is 21.7. The van der Waals surface area contributed by atoms with E-state index < -0.39 is 11.5 Å². The molecule has 1 aromatic heterocycles. The zero-order valence-corrected chi connectivity index (χ0v) is 16.4. The average molecular weight is 434 g/mol. The number of nitro benzene ring substituents is 1. The van der Waals surface area contributed by atoms with Crippen LogP contribution in [0.4, 0.5) is 14.5 Å². The summed E-state index contributed by atoms with van der Waals surface area (Å²) in [7, 11) is 1.52. The summed E-state index contributed by atoms with van der Waals surface area (Å²) in [6, 6.07) is 11.9. The van der Waals surface area contributed by atoms with E-state index in [1.807, 2.05) is 0 Å². The van der Waals surface area contributed by atoms with Gasteiger partial charge in [-0.05, 0) is 24.3 Å². The monoisotopic (exact) mass is 434 g/mol. The number of imidazole rings is 1. The van der Waals surface area contributed by atoms with Gasteiger partial charge in [0.2, 0.25) is 5.91 Å². The van der Waals surface area contributed by atoms with E-state index in [1.54, 1.807) is 28.8 Å². The first-order valence-corrected chi connectivity index (χ1v) is 9.59. The van der Waals surface area contributed by atoms with Gasteiger partial charge in [-0.15, -0.1) is 0 Å². The Kier molecular flexibility index (Phi) is 6.62. The predicted octanol–water partition coefficient (Wildman–Crippen LogP) is 3.89. The number of halogens is 2. The molecule has 156 valence electrons. The normalized spacial score (nSPS) is 10.8. The molecule has 0 aliphatic carbocycles. The number of thioether (sulfide) groups is 1. The van der Waals surface area contributed by atoms with Crippen LogP contribution in [-0.4, -0.2) is 39.8 Å². The van der Waals surface area contributed by atoms with Crippen molar-refractivity contribution in [1.29, 1.82) is 0 Å². The lowest BCUT2D eigenvalue weighted by molar-refractivity contribution is -0.384. The van der Waals surface area contributed by atoms with Crippen LogP contribution in [0, 0.1) is 10.1 Å². The highest BCUT2D eigenvalue weighted by molar-refractivity contribution is 7.99. The van der Waals surface area contributed by atoms with Crippen LogP contribution < -0.4 is 10.1 Å². The third kappa shape index (κ3) is 4.92. The van der Waals surface area contributed by atoms with E-state index in [0.717, 1.165) is 0 Å². The largest absolute Gasteiger partial charge is 0.435 e. The van der Waals surface area contributed by atoms with Crippen molar-refractivity contribution in [1.82, 2.24) is 14.9 Å². The summed E-state index contributed by atoms with van der Waals surface area (Å²) in [4.78, 5) is 26.6. The third-order valence-electron chi connectivity index (χ3n) is 4.01. The second-order valence-corrected chi connectivity index (χ2v) is 6.85. The fraction of sp³-hybridized carbons (Fsp3) is 0.158. The number of alkyl halides is 2. The van der Waals surface area contributed by atoms with Gasteiger partial charge < -0.3 is 10.1 Å². The highest BCUT2D eigenvalue weighted by Gasteiger charge is 2.17. The number of ether oxygens (including phenoxy) is 1. The van der Waals surface area contributed by atoms with Crippen LogP contribution in [0.1, 0.15) is 0 Å². The Morgan fingerprint density at radius 1 is 1.30 bits per heavy atom. The van der Waals surface area contributed by atoms with Crippen molar-refractivity contribution in [3.8, 4) is 22.7 Å². The van der Waals surface area contributed by atoms with Crippen molar-refractivity contribution in [3.05, 3.63) is 64.8 Å². The molecule has 1 amide bonds. The molecule has 11 heteroatoms. The number of benzene rings is 2. The third-order valence-corrected chi connectivity index (χ3v) is 4.97. The fourth-order valence-electron chi connectivity index (χ4n) is 2.65. The number of nitro groups is 1. The first kappa shape index (κ1) is 21.2. The van der Waals surface area contributed by atoms with Gasteiger partial charge in [-0.3, -0.25) is 19.5 Å². The standard InChI is InChI=1S/C19H16F2N4O4S/c1-22-17(26)11-30-19-23-10-16(12-3-2-4-14(9-12)25(27)28)24(19)13-5-7-15(8-6-13)29-18(20)21/h2-10,18H,11H2,1H3,(H,22,26). The van der Waals surface area contributed by atoms with Crippen molar-refractivity contribution in [2.75, 3.05) is 12.8 Å². The molecular formula is C19H16F2N4O4S. The number of hydrogen-bond acceptors (Lipinski definition) is 6. The number of carbonyl (C=O) groups is 1. The number of carbonyl (C=O) groups excluding carboxylic acids is 1. The van der Waals surface area contributed by atoms with E-state index >= 15 is 0 Å². The number of hydrogen-bond donors (Lipinski definition) is 1. The van der Waals surface area contributed by atoms with Gasteiger partial charge in [0.1, 0.15) is 5.75 Å². The summed E-state index contributed by atoms with van der Waals surface area (Å²) in [5.41, 5.74) is 1.56. The topological polar surface area (TPSA) is 99.3 Å². The van der Waals surface area contributed by atoms with E-state index in [0.29, 0.717) is 22.1 Å². The molecule has 3 aromatic rings. The first-order valence-electron chi connectivity index (χ1n) is 8.60. The van der Waals surface area contributed by atoms with E-state index in [4.69, 9.17) is 0 Å². The molecule has 0 bridgehead atoms. The van der Waals surface area contributed by atoms with Crippen molar-refractivity contribution >= 4 is 23.4 Å². The molecule has 0 saturated heterocycles. The Hall–Kier alpha value is -3.47. The molecule has 0 fully saturated rings. The second-order valence-electron chi connectivity index (χ2n) is 5.90. The van der Waals surface area contributed by atoms with Gasteiger partial charge in [0.05, 0.1) is 22.6 Å². The van der Waals surface area contributed by atoms with Crippen molar-refractivity contribution < 1.29 is 23.2 Å². The fourth-order valence-corrected chi connectivity index (χ4v) is 3.51. The maximum atomic E-state index is 12.4. The number of non-ortho nitro benzene ring substituents is 1. The second kappa shape index (κ2) is 9.35. The van der Waals surface area contributed by atoms with E-state index in [2.05, 4.69) is 15.0 Å². The Balaban J connectivity index is 2.05. The Labute approximate surface area is 174 Å². The van der Waals surface area contributed by atoms with E-state index in [1.165, 1.54) is 49.3 Å². The van der Waals surface area contributed by atoms with Gasteiger partial charge in [0, 0.05) is 30.4 Å². The van der Waals surface area contributed by atoms with Gasteiger partial charge in [-0.2, -0.15) is 8.78 Å². The summed E-state index contributed by atoms with van der Waals surface area (Å²) in [6.45, 7) is -2.94. The molecule has 0 spiro atoms. The highest BCUT2D eigenvalue weighted by Crippen LogP contribution is 2.32. The molecular weight excluding hydrogens is 418 g/mol. The summed E-state index contributed by atoms with van der Waals surface area (Å²) >= 11 is 1.17. The maximum absolute atomic E-state index is 12.4. The van der Waals surface area contributed by atoms with Crippen molar-refractivity contribution in [2.24, 2.45) is 0 Å². The minimum atomic E-state index is -2.94. The molecule has 0 aliphatic heterocycles. The van der Waals surface area contributed by atoms with Gasteiger partial charge in [0.25, 0.3) is 5.69 Å². The van der Waals surface area contributed by atoms with Gasteiger partial charge in [0.15, 0.2) is 5.16 Å². The number of amides is 1. The van der Waals surface area contributed by atoms with Crippen LogP contribution >= 0.6 is 11.8 Å². The number of nitrogens with zero attached hydrogens (tertiary/aromatic N) is 3. The molecule has 0 atom stereocenters. The number of aromatic nitrogens is 2. The number of rotatable bonds is 8. The summed E-state index contributed by atoms with van der Waals surface area (Å²) < 4.78 is 30.9. The lowest BCUT2D eigenvalue weighted by atomic mass is 10.1. The smallest absolute Gasteiger partial charge is 0.387 e. The van der Waals surface area contributed by atoms with Crippen molar-refractivity contribution in [3.63, 3.8) is 0 Å². The molecule has 0 radical (unpaired) electrons. The van der Waals surface area contributed by atoms with Gasteiger partial charge in [-0.1, -0.05) is 23.9 Å². The molecule has 0 aliphatic rings. The number of nitrogens with one attached hydrogen (secondary N) is 1. The van der Waals surface area contributed by atoms with Crippen LogP contribution in [-0.2, 0) is 4.79 Å². The summed E-state index contributed by atoms with van der Waals surface area (Å²) in [5, 5.41) is 14.1. The summed E-state index contributed by atoms with van der Waals surface area (Å²) in [5.74, 6) is -0.105. The zero-order valence-electron chi connectivity index (χ0n) is 15.6. The quantitative estimate of drug-likeness (QED) is 0.328. The minimum Gasteiger partial charge on any atom is -0.435 e. The van der Waals surface area contributed by atoms with Crippen molar-refractivity contribution in [2.45, 2.75) is 11.8 Å². The highest BCUT2D eigenvalue weighted by atomic mass is 32.2. The first-order chi connectivity index (χ1) is 14.4. The van der Waals surface area contributed by atoms with E-state index in [9.17, 15) is 23.7 Å². The van der Waals surface area contributed by atoms with Crippen LogP contribution in [0.25, 0.3) is 16.9 Å². The Bertz CT molecular complexity index is 1060. The lowest BCUT2D eigenvalue weighted by Gasteiger charge is -2.13. The van der Waals surface area contributed by atoms with Gasteiger partial charge in [-0.25, -0.2) is 4.98 Å². The lowest BCUT2D eigenvalue weighted by Crippen LogP contribution is -2.20. The maximum Gasteiger partial charge on any atom is 0.387 e. The molecule has 1 heterocycles. The molecule has 30 heavy (non-hydrogen) atoms. The van der Waals surface area contributed by atoms with Crippen LogP contribution in [0.15, 0.2) is 59.9 Å². The van der Waals surface area contributed by atoms with Gasteiger partial charge >= 0.3 is 6.61 Å². The average Bonchev–Trinajstić information content (AvgIpc) is 3.16. The molecule has 8 nitrogen and oxygen atoms in total. The molecule has 2 aromatic carbocycles. The molecule has 0 unspecified atom stereocenters. The molecule has 0 saturated carbocycles. The minimum absolute atomic E-state index is 0.00896. The Morgan fingerprint density at radius 3 is 2.67 bits per heavy atom. The van der Waals surface area contributed by atoms with E-state index in [-0.39, 0.29) is 23.1 Å². The van der Waals surface area contributed by atoms with Crippen LogP contribution in [0.3, 0.4) is 0 Å². The van der Waals surface area contributed by atoms with Crippen LogP contribution in [0.2, 0.25) is 0 Å². The Morgan fingerprint density at radius 2 is 2.03 bits per heavy atom.